The van der Waals surface area contributed by atoms with Crippen molar-refractivity contribution in [2.75, 3.05) is 25.1 Å². The van der Waals surface area contributed by atoms with Crippen LogP contribution in [0.2, 0.25) is 5.02 Å². The van der Waals surface area contributed by atoms with Crippen LogP contribution in [0.4, 0.5) is 23.2 Å². The van der Waals surface area contributed by atoms with E-state index in [2.05, 4.69) is 20.5 Å². The van der Waals surface area contributed by atoms with E-state index in [9.17, 15) is 22.4 Å². The van der Waals surface area contributed by atoms with Gasteiger partial charge < -0.3 is 19.7 Å². The summed E-state index contributed by atoms with van der Waals surface area (Å²) >= 11 is 6.09. The fourth-order valence-electron chi connectivity index (χ4n) is 3.41. The fourth-order valence-corrected chi connectivity index (χ4v) is 3.62. The van der Waals surface area contributed by atoms with Crippen LogP contribution in [0.25, 0.3) is 0 Å². The predicted octanol–water partition coefficient (Wildman–Crippen LogP) is 3.06. The normalized spacial score (nSPS) is 18.8. The van der Waals surface area contributed by atoms with E-state index in [1.807, 2.05) is 0 Å². The van der Waals surface area contributed by atoms with Gasteiger partial charge >= 0.3 is 6.18 Å². The van der Waals surface area contributed by atoms with Crippen molar-refractivity contribution in [1.82, 2.24) is 15.5 Å². The van der Waals surface area contributed by atoms with Gasteiger partial charge in [-0.2, -0.15) is 23.3 Å². The number of hydrogen-bond acceptors (Lipinski definition) is 7. The summed E-state index contributed by atoms with van der Waals surface area (Å²) in [5.74, 6) is -1.69. The van der Waals surface area contributed by atoms with Crippen LogP contribution in [0.3, 0.4) is 0 Å². The number of methoxy groups -OCH3 is 1. The van der Waals surface area contributed by atoms with Crippen LogP contribution < -0.4 is 20.5 Å². The lowest BCUT2D eigenvalue weighted by molar-refractivity contribution is -0.138. The number of H-pyrrole nitrogens is 1. The van der Waals surface area contributed by atoms with Crippen LogP contribution in [0.15, 0.2) is 45.5 Å². The van der Waals surface area contributed by atoms with Crippen molar-refractivity contribution in [1.29, 1.82) is 0 Å². The second-order valence-corrected chi connectivity index (χ2v) is 7.31. The molecule has 2 aromatic rings. The Morgan fingerprint density at radius 1 is 1.31 bits per heavy atom. The average molecular weight is 474 g/mol. The lowest BCUT2D eigenvalue weighted by Gasteiger charge is -2.36. The first kappa shape index (κ1) is 22.1. The molecule has 1 atom stereocenters. The average Bonchev–Trinajstić information content (AvgIpc) is 2.75. The third kappa shape index (κ3) is 4.28. The number of benzene rings is 1. The molecule has 13 heteroatoms. The topological polar surface area (TPSA) is 91.8 Å². The number of hydrogen-bond donors (Lipinski definition) is 2. The molecule has 0 saturated heterocycles. The maximum atomic E-state index is 13.4. The number of aromatic nitrogens is 2. The Kier molecular flexibility index (Phi) is 5.82. The minimum absolute atomic E-state index is 0.0329. The first-order valence-corrected chi connectivity index (χ1v) is 9.67. The van der Waals surface area contributed by atoms with Crippen molar-refractivity contribution >= 4 is 23.2 Å². The molecular formula is C19H16ClF4N5O3. The number of anilines is 1. The maximum absolute atomic E-state index is 13.4. The van der Waals surface area contributed by atoms with E-state index >= 15 is 0 Å². The molecule has 0 fully saturated rings. The third-order valence-corrected chi connectivity index (χ3v) is 5.30. The molecule has 2 aliphatic rings. The Balaban J connectivity index is 1.67. The first-order valence-electron chi connectivity index (χ1n) is 9.29. The summed E-state index contributed by atoms with van der Waals surface area (Å²) in [5.41, 5.74) is -0.299. The number of alkyl halides is 3. The Morgan fingerprint density at radius 2 is 2.09 bits per heavy atom. The van der Waals surface area contributed by atoms with Crippen molar-refractivity contribution in [2.24, 2.45) is 4.99 Å². The van der Waals surface area contributed by atoms with Crippen LogP contribution in [-0.2, 0) is 10.9 Å². The molecule has 4 rings (SSSR count). The Bertz CT molecular complexity index is 1160. The predicted molar refractivity (Wildman–Crippen MR) is 107 cm³/mol. The third-order valence-electron chi connectivity index (χ3n) is 4.93. The molecule has 1 aromatic carbocycles. The Morgan fingerprint density at radius 3 is 2.81 bits per heavy atom. The highest BCUT2D eigenvalue weighted by molar-refractivity contribution is 6.33. The number of nitrogens with one attached hydrogen (secondary N) is 2. The number of nitrogens with zero attached hydrogens (tertiary/aromatic N) is 3. The van der Waals surface area contributed by atoms with Crippen LogP contribution in [0, 0.1) is 5.82 Å². The van der Waals surface area contributed by atoms with Crippen LogP contribution in [-0.4, -0.2) is 42.6 Å². The van der Waals surface area contributed by atoms with E-state index in [4.69, 9.17) is 21.1 Å². The molecule has 0 bridgehead atoms. The lowest BCUT2D eigenvalue weighted by atomic mass is 10.0. The van der Waals surface area contributed by atoms with E-state index in [0.29, 0.717) is 36.0 Å². The van der Waals surface area contributed by atoms with Crippen LogP contribution in [0.5, 0.6) is 5.75 Å². The van der Waals surface area contributed by atoms with Crippen molar-refractivity contribution in [3.05, 3.63) is 62.4 Å². The molecule has 2 N–H and O–H groups in total. The fraction of sp³-hybridized carbons (Fsp3) is 0.316. The molecule has 1 aromatic heterocycles. The molecule has 3 heterocycles. The summed E-state index contributed by atoms with van der Waals surface area (Å²) < 4.78 is 64.3. The Hall–Kier alpha value is -3.12. The van der Waals surface area contributed by atoms with E-state index in [1.165, 1.54) is 13.3 Å². The molecule has 170 valence electrons. The zero-order valence-electron chi connectivity index (χ0n) is 16.5. The summed E-state index contributed by atoms with van der Waals surface area (Å²) in [6.45, 7) is 0.582. The largest absolute Gasteiger partial charge is 0.438 e. The second kappa shape index (κ2) is 8.43. The zero-order chi connectivity index (χ0) is 23.0. The van der Waals surface area contributed by atoms with Crippen molar-refractivity contribution in [3.8, 4) is 5.75 Å². The van der Waals surface area contributed by atoms with Crippen LogP contribution in [0.1, 0.15) is 12.0 Å². The second-order valence-electron chi connectivity index (χ2n) is 6.93. The minimum atomic E-state index is -4.82. The van der Waals surface area contributed by atoms with Gasteiger partial charge in [0.1, 0.15) is 22.2 Å². The van der Waals surface area contributed by atoms with Gasteiger partial charge in [0.05, 0.1) is 18.4 Å². The van der Waals surface area contributed by atoms with E-state index in [0.717, 1.165) is 12.1 Å². The standard InChI is InChI=1S/C19H16ClF4N5O3/c1-31-18-26-12-8-29(13-7-25-28-16(30)15(13)20)5-4-10(12)17(27-18)32-14-3-2-9(21)6-11(14)19(22,23)24/h2-3,6-7,18,26H,4-5,8H2,1H3,(H,28,30). The van der Waals surface area contributed by atoms with Gasteiger partial charge in [-0.05, 0) is 24.6 Å². The molecule has 32 heavy (non-hydrogen) atoms. The molecule has 0 saturated carbocycles. The molecule has 0 radical (unpaired) electrons. The Labute approximate surface area is 183 Å². The molecule has 1 unspecified atom stereocenters. The minimum Gasteiger partial charge on any atom is -0.438 e. The van der Waals surface area contributed by atoms with Gasteiger partial charge in [-0.1, -0.05) is 11.6 Å². The summed E-state index contributed by atoms with van der Waals surface area (Å²) in [5, 5.41) is 8.99. The molecular weight excluding hydrogens is 458 g/mol. The van der Waals surface area contributed by atoms with E-state index in [-0.39, 0.29) is 17.5 Å². The van der Waals surface area contributed by atoms with Crippen molar-refractivity contribution in [3.63, 3.8) is 0 Å². The highest BCUT2D eigenvalue weighted by Crippen LogP contribution is 2.38. The van der Waals surface area contributed by atoms with Gasteiger partial charge in [-0.3, -0.25) is 4.79 Å². The molecule has 2 aliphatic heterocycles. The number of aliphatic imine (C=N–C) groups is 1. The van der Waals surface area contributed by atoms with Gasteiger partial charge in [0, 0.05) is 24.9 Å². The first-order chi connectivity index (χ1) is 15.2. The smallest absolute Gasteiger partial charge is 0.420 e. The molecule has 0 amide bonds. The quantitative estimate of drug-likeness (QED) is 0.666. The summed E-state index contributed by atoms with van der Waals surface area (Å²) in [6.07, 6.45) is -4.03. The van der Waals surface area contributed by atoms with Gasteiger partial charge in [0.2, 0.25) is 12.2 Å². The van der Waals surface area contributed by atoms with E-state index in [1.54, 1.807) is 4.90 Å². The van der Waals surface area contributed by atoms with Gasteiger partial charge in [0.25, 0.3) is 5.56 Å². The maximum Gasteiger partial charge on any atom is 0.420 e. The van der Waals surface area contributed by atoms with Gasteiger partial charge in [0.15, 0.2) is 0 Å². The number of halogens is 5. The monoisotopic (exact) mass is 473 g/mol. The van der Waals surface area contributed by atoms with Gasteiger partial charge in [-0.15, -0.1) is 0 Å². The molecule has 8 nitrogen and oxygen atoms in total. The highest BCUT2D eigenvalue weighted by Gasteiger charge is 2.37. The van der Waals surface area contributed by atoms with Crippen molar-refractivity contribution in [2.45, 2.75) is 18.9 Å². The van der Waals surface area contributed by atoms with Crippen molar-refractivity contribution < 1.29 is 27.0 Å². The van der Waals surface area contributed by atoms with Gasteiger partial charge in [-0.25, -0.2) is 9.49 Å². The summed E-state index contributed by atoms with van der Waals surface area (Å²) in [6, 6.07) is 2.14. The van der Waals surface area contributed by atoms with Crippen LogP contribution >= 0.6 is 11.6 Å². The summed E-state index contributed by atoms with van der Waals surface area (Å²) in [4.78, 5) is 17.7. The molecule has 0 spiro atoms. The summed E-state index contributed by atoms with van der Waals surface area (Å²) in [7, 11) is 1.36. The highest BCUT2D eigenvalue weighted by atomic mass is 35.5. The SMILES string of the molecule is COC1N=C(Oc2ccc(F)cc2C(F)(F)F)C2=C(CN(c3cn[nH]c(=O)c3Cl)CC2)N1. The number of ether oxygens (including phenoxy) is 2. The number of rotatable bonds is 3. The van der Waals surface area contributed by atoms with E-state index < -0.39 is 35.2 Å². The lowest BCUT2D eigenvalue weighted by Crippen LogP contribution is -2.45. The zero-order valence-corrected chi connectivity index (χ0v) is 17.2. The molecule has 0 aliphatic carbocycles. The number of aromatic amines is 1.